The van der Waals surface area contributed by atoms with Gasteiger partial charge in [0.15, 0.2) is 0 Å². The van der Waals surface area contributed by atoms with Crippen LogP contribution >= 0.6 is 0 Å². The number of hydrogen-bond donors (Lipinski definition) is 0. The molecule has 0 bridgehead atoms. The molecule has 4 nitrogen and oxygen atoms in total. The van der Waals surface area contributed by atoms with Crippen LogP contribution < -0.4 is 0 Å². The third-order valence-electron chi connectivity index (χ3n) is 4.21. The van der Waals surface area contributed by atoms with E-state index in [1.807, 2.05) is 0 Å². The molecule has 0 aliphatic rings. The second kappa shape index (κ2) is 11.1. The van der Waals surface area contributed by atoms with Gasteiger partial charge in [0.2, 0.25) is 0 Å². The van der Waals surface area contributed by atoms with Gasteiger partial charge in [-0.3, -0.25) is 0 Å². The zero-order chi connectivity index (χ0) is 16.5. The molecule has 0 aromatic carbocycles. The average molecular weight is 472 g/mol. The van der Waals surface area contributed by atoms with Crippen LogP contribution in [0.3, 0.4) is 0 Å². The standard InChI is InChI=1S/4C4H10N.W/c4*1-3-5-4-2;/h4*3-4H2,1-2H3;/q4*-1;+4. The molecular weight excluding hydrogens is 432 g/mol. The third kappa shape index (κ3) is 4.29. The molecule has 0 rings (SSSR count). The van der Waals surface area contributed by atoms with E-state index in [9.17, 15) is 0 Å². The van der Waals surface area contributed by atoms with Gasteiger partial charge >= 0.3 is 139 Å². The van der Waals surface area contributed by atoms with Gasteiger partial charge in [0.1, 0.15) is 0 Å². The van der Waals surface area contributed by atoms with Crippen molar-refractivity contribution in [2.45, 2.75) is 55.4 Å². The molecule has 0 aromatic heterocycles. The average Bonchev–Trinajstić information content (AvgIpc) is 2.51. The van der Waals surface area contributed by atoms with E-state index >= 15 is 0 Å². The Labute approximate surface area is 138 Å². The molecule has 0 amide bonds. The van der Waals surface area contributed by atoms with Gasteiger partial charge in [-0.05, 0) is 0 Å². The van der Waals surface area contributed by atoms with Gasteiger partial charge in [-0.2, -0.15) is 0 Å². The predicted octanol–water partition coefficient (Wildman–Crippen LogP) is 3.17. The van der Waals surface area contributed by atoms with Gasteiger partial charge in [0.25, 0.3) is 0 Å². The van der Waals surface area contributed by atoms with Crippen LogP contribution in [0.5, 0.6) is 0 Å². The summed E-state index contributed by atoms with van der Waals surface area (Å²) in [5.41, 5.74) is 0. The summed E-state index contributed by atoms with van der Waals surface area (Å²) >= 11 is -2.92. The minimum absolute atomic E-state index is 1.16. The molecule has 0 aliphatic heterocycles. The molecule has 21 heavy (non-hydrogen) atoms. The molecular formula is C16H40N4W. The van der Waals surface area contributed by atoms with Crippen LogP contribution in [0.2, 0.25) is 0 Å². The van der Waals surface area contributed by atoms with Crippen LogP contribution in [-0.2, 0) is 17.1 Å². The zero-order valence-corrected chi connectivity index (χ0v) is 18.8. The molecule has 0 heterocycles. The first kappa shape index (κ1) is 21.5. The normalized spacial score (nSPS) is 13.9. The Bertz CT molecular complexity index is 193. The summed E-state index contributed by atoms with van der Waals surface area (Å²) in [6, 6.07) is 0. The maximum absolute atomic E-state index is 2.92. The molecule has 0 saturated heterocycles. The first-order valence-corrected chi connectivity index (χ1v) is 14.2. The Morgan fingerprint density at radius 3 is 0.619 bits per heavy atom. The summed E-state index contributed by atoms with van der Waals surface area (Å²) in [7, 11) is 0. The molecule has 0 fully saturated rings. The third-order valence-corrected chi connectivity index (χ3v) is 21.6. The van der Waals surface area contributed by atoms with Gasteiger partial charge in [-0.15, -0.1) is 0 Å². The van der Waals surface area contributed by atoms with E-state index in [1.165, 1.54) is 0 Å². The number of nitrogens with zero attached hydrogens (tertiary/aromatic N) is 4. The van der Waals surface area contributed by atoms with Crippen LogP contribution in [0.4, 0.5) is 0 Å². The Morgan fingerprint density at radius 2 is 0.524 bits per heavy atom. The van der Waals surface area contributed by atoms with Gasteiger partial charge in [-0.1, -0.05) is 0 Å². The summed E-state index contributed by atoms with van der Waals surface area (Å²) in [5, 5.41) is 0. The van der Waals surface area contributed by atoms with Crippen molar-refractivity contribution >= 4 is 0 Å². The summed E-state index contributed by atoms with van der Waals surface area (Å²) in [4.78, 5) is 0. The number of rotatable bonds is 12. The van der Waals surface area contributed by atoms with Crippen LogP contribution in [0.15, 0.2) is 0 Å². The zero-order valence-electron chi connectivity index (χ0n) is 15.9. The van der Waals surface area contributed by atoms with Crippen molar-refractivity contribution in [1.29, 1.82) is 0 Å². The quantitative estimate of drug-likeness (QED) is 0.433. The van der Waals surface area contributed by atoms with E-state index in [2.05, 4.69) is 69.2 Å². The fourth-order valence-corrected chi connectivity index (χ4v) is 20.3. The molecule has 0 N–H and O–H groups in total. The van der Waals surface area contributed by atoms with Gasteiger partial charge in [-0.25, -0.2) is 0 Å². The molecule has 5 heteroatoms. The second-order valence-electron chi connectivity index (χ2n) is 4.95. The van der Waals surface area contributed by atoms with Crippen molar-refractivity contribution in [2.75, 3.05) is 52.4 Å². The molecule has 130 valence electrons. The van der Waals surface area contributed by atoms with E-state index in [0.29, 0.717) is 0 Å². The molecule has 0 spiro atoms. The monoisotopic (exact) mass is 472 g/mol. The van der Waals surface area contributed by atoms with E-state index < -0.39 is 17.1 Å². The molecule has 0 aromatic rings. The molecule has 0 atom stereocenters. The molecule has 0 saturated carbocycles. The van der Waals surface area contributed by atoms with Gasteiger partial charge in [0, 0.05) is 0 Å². The first-order chi connectivity index (χ1) is 10.1. The van der Waals surface area contributed by atoms with E-state index in [-0.39, 0.29) is 0 Å². The van der Waals surface area contributed by atoms with Crippen LogP contribution in [-0.4, -0.2) is 66.2 Å². The summed E-state index contributed by atoms with van der Waals surface area (Å²) in [6.07, 6.45) is 0. The SMILES string of the molecule is CC[N](CC)[W]([N](CC)CC)([N](CC)CC)[N](CC)CC. The van der Waals surface area contributed by atoms with Crippen molar-refractivity contribution in [3.8, 4) is 0 Å². The predicted molar refractivity (Wildman–Crippen MR) is 91.7 cm³/mol. The fourth-order valence-electron chi connectivity index (χ4n) is 3.26. The van der Waals surface area contributed by atoms with E-state index in [0.717, 1.165) is 52.4 Å². The Morgan fingerprint density at radius 1 is 0.381 bits per heavy atom. The first-order valence-electron chi connectivity index (χ1n) is 8.92. The topological polar surface area (TPSA) is 13.0 Å². The van der Waals surface area contributed by atoms with E-state index in [1.54, 1.807) is 0 Å². The van der Waals surface area contributed by atoms with Crippen molar-refractivity contribution in [3.63, 3.8) is 0 Å². The van der Waals surface area contributed by atoms with Crippen molar-refractivity contribution in [3.05, 3.63) is 0 Å². The molecule has 0 unspecified atom stereocenters. The van der Waals surface area contributed by atoms with Gasteiger partial charge in [0.05, 0.1) is 0 Å². The Kier molecular flexibility index (Phi) is 11.4. The Hall–Kier alpha value is 0.528. The van der Waals surface area contributed by atoms with Crippen molar-refractivity contribution in [2.24, 2.45) is 0 Å². The Balaban J connectivity index is 6.15. The van der Waals surface area contributed by atoms with E-state index in [4.69, 9.17) is 0 Å². The van der Waals surface area contributed by atoms with Crippen LogP contribution in [0.1, 0.15) is 55.4 Å². The summed E-state index contributed by atoms with van der Waals surface area (Å²) in [6.45, 7) is 28.0. The van der Waals surface area contributed by atoms with Crippen molar-refractivity contribution < 1.29 is 17.1 Å². The minimum atomic E-state index is -2.92. The fraction of sp³-hybridized carbons (Fsp3) is 1.00. The van der Waals surface area contributed by atoms with Gasteiger partial charge < -0.3 is 0 Å². The summed E-state index contributed by atoms with van der Waals surface area (Å²) < 4.78 is 11.3. The summed E-state index contributed by atoms with van der Waals surface area (Å²) in [5.74, 6) is 0. The second-order valence-corrected chi connectivity index (χ2v) is 15.9. The molecule has 0 radical (unpaired) electrons. The van der Waals surface area contributed by atoms with Crippen molar-refractivity contribution in [1.82, 2.24) is 13.8 Å². The number of hydrogen-bond acceptors (Lipinski definition) is 4. The van der Waals surface area contributed by atoms with Crippen LogP contribution in [0.25, 0.3) is 0 Å². The molecule has 0 aliphatic carbocycles. The maximum atomic E-state index is 2.83. The van der Waals surface area contributed by atoms with Crippen LogP contribution in [0, 0.1) is 0 Å².